The van der Waals surface area contributed by atoms with E-state index in [0.29, 0.717) is 5.02 Å². The van der Waals surface area contributed by atoms with Crippen molar-refractivity contribution in [1.82, 2.24) is 5.43 Å². The van der Waals surface area contributed by atoms with Crippen LogP contribution in [0.2, 0.25) is 10.0 Å². The lowest BCUT2D eigenvalue weighted by atomic mass is 10.2. The molecule has 2 aromatic carbocycles. The summed E-state index contributed by atoms with van der Waals surface area (Å²) in [6, 6.07) is 6.98. The zero-order chi connectivity index (χ0) is 20.8. The molecule has 1 unspecified atom stereocenters. The molecule has 9 nitrogen and oxygen atoms in total. The maximum absolute atomic E-state index is 12.1. The number of hydrazone groups is 1. The molecule has 0 bridgehead atoms. The van der Waals surface area contributed by atoms with E-state index in [0.717, 1.165) is 12.3 Å². The molecule has 0 aliphatic carbocycles. The van der Waals surface area contributed by atoms with Crippen LogP contribution in [0.5, 0.6) is 17.2 Å². The Morgan fingerprint density at radius 3 is 2.64 bits per heavy atom. The van der Waals surface area contributed by atoms with Crippen LogP contribution in [0.4, 0.5) is 5.69 Å². The van der Waals surface area contributed by atoms with Gasteiger partial charge in [-0.15, -0.1) is 0 Å². The Kier molecular flexibility index (Phi) is 7.02. The van der Waals surface area contributed by atoms with Crippen LogP contribution in [0.15, 0.2) is 35.4 Å². The number of benzene rings is 2. The summed E-state index contributed by atoms with van der Waals surface area (Å²) in [6.07, 6.45) is 0.231. The first kappa shape index (κ1) is 21.3. The Balaban J connectivity index is 2.06. The molecular weight excluding hydrogens is 413 g/mol. The number of aromatic hydroxyl groups is 1. The van der Waals surface area contributed by atoms with Crippen LogP contribution in [0, 0.1) is 10.1 Å². The highest BCUT2D eigenvalue weighted by Crippen LogP contribution is 2.36. The minimum Gasteiger partial charge on any atom is -0.500 e. The van der Waals surface area contributed by atoms with E-state index >= 15 is 0 Å². The zero-order valence-corrected chi connectivity index (χ0v) is 16.2. The number of carbonyl (C=O) groups is 1. The first-order valence-corrected chi connectivity index (χ1v) is 8.48. The van der Waals surface area contributed by atoms with Gasteiger partial charge in [0.25, 0.3) is 5.91 Å². The number of halogens is 2. The molecule has 0 heterocycles. The van der Waals surface area contributed by atoms with E-state index in [9.17, 15) is 20.0 Å². The molecule has 28 heavy (non-hydrogen) atoms. The van der Waals surface area contributed by atoms with Crippen LogP contribution < -0.4 is 14.9 Å². The molecule has 0 saturated heterocycles. The summed E-state index contributed by atoms with van der Waals surface area (Å²) in [7, 11) is 1.25. The summed E-state index contributed by atoms with van der Waals surface area (Å²) in [5.41, 5.74) is 1.92. The molecule has 2 rings (SSSR count). The number of hydrogen-bond donors (Lipinski definition) is 2. The number of rotatable bonds is 7. The SMILES string of the molecule is COc1cc(/C=N/NC(=O)C(C)Oc2ccc(Cl)cc2Cl)cc([N+](=O)[O-])c1O. The predicted molar refractivity (Wildman–Crippen MR) is 104 cm³/mol. The van der Waals surface area contributed by atoms with Gasteiger partial charge in [-0.1, -0.05) is 23.2 Å². The second kappa shape index (κ2) is 9.25. The third-order valence-corrected chi connectivity index (χ3v) is 3.98. The molecule has 1 amide bonds. The van der Waals surface area contributed by atoms with Gasteiger partial charge in [-0.25, -0.2) is 5.43 Å². The van der Waals surface area contributed by atoms with Crippen molar-refractivity contribution in [2.45, 2.75) is 13.0 Å². The van der Waals surface area contributed by atoms with Crippen molar-refractivity contribution < 1.29 is 24.3 Å². The number of nitro groups is 1. The molecular formula is C17H15Cl2N3O6. The van der Waals surface area contributed by atoms with Gasteiger partial charge in [-0.05, 0) is 31.2 Å². The van der Waals surface area contributed by atoms with E-state index in [4.69, 9.17) is 32.7 Å². The maximum atomic E-state index is 12.1. The molecule has 2 aromatic rings. The lowest BCUT2D eigenvalue weighted by Gasteiger charge is -2.14. The molecule has 0 saturated carbocycles. The Morgan fingerprint density at radius 1 is 1.32 bits per heavy atom. The van der Waals surface area contributed by atoms with Crippen LogP contribution in [0.3, 0.4) is 0 Å². The topological polar surface area (TPSA) is 123 Å². The van der Waals surface area contributed by atoms with Crippen molar-refractivity contribution in [3.05, 3.63) is 56.1 Å². The zero-order valence-electron chi connectivity index (χ0n) is 14.7. The van der Waals surface area contributed by atoms with E-state index in [1.165, 1.54) is 32.2 Å². The number of methoxy groups -OCH3 is 1. The number of ether oxygens (including phenoxy) is 2. The quantitative estimate of drug-likeness (QED) is 0.395. The number of nitrogens with zero attached hydrogens (tertiary/aromatic N) is 2. The first-order chi connectivity index (χ1) is 13.2. The monoisotopic (exact) mass is 427 g/mol. The fourth-order valence-electron chi connectivity index (χ4n) is 2.06. The molecule has 0 aliphatic heterocycles. The minimum absolute atomic E-state index is 0.101. The summed E-state index contributed by atoms with van der Waals surface area (Å²) >= 11 is 11.8. The number of amides is 1. The van der Waals surface area contributed by atoms with Gasteiger partial charge in [0.05, 0.1) is 23.3 Å². The fourth-order valence-corrected chi connectivity index (χ4v) is 2.51. The van der Waals surface area contributed by atoms with Gasteiger partial charge >= 0.3 is 5.69 Å². The number of nitro benzene ring substituents is 1. The lowest BCUT2D eigenvalue weighted by molar-refractivity contribution is -0.386. The van der Waals surface area contributed by atoms with Gasteiger partial charge in [0.15, 0.2) is 11.9 Å². The van der Waals surface area contributed by atoms with E-state index in [1.807, 2.05) is 0 Å². The molecule has 11 heteroatoms. The molecule has 0 spiro atoms. The third kappa shape index (κ3) is 5.24. The highest BCUT2D eigenvalue weighted by atomic mass is 35.5. The van der Waals surface area contributed by atoms with E-state index in [-0.39, 0.29) is 22.1 Å². The Hall–Kier alpha value is -3.04. The van der Waals surface area contributed by atoms with Crippen molar-refractivity contribution in [3.8, 4) is 17.2 Å². The van der Waals surface area contributed by atoms with Gasteiger partial charge in [0.1, 0.15) is 5.75 Å². The Labute approximate surface area is 169 Å². The van der Waals surface area contributed by atoms with Gasteiger partial charge in [-0.2, -0.15) is 5.10 Å². The molecule has 0 aliphatic rings. The Morgan fingerprint density at radius 2 is 2.04 bits per heavy atom. The van der Waals surface area contributed by atoms with Crippen molar-refractivity contribution in [2.75, 3.05) is 7.11 Å². The number of hydrogen-bond acceptors (Lipinski definition) is 7. The average Bonchev–Trinajstić information content (AvgIpc) is 2.64. The number of nitrogens with one attached hydrogen (secondary N) is 1. The number of phenolic OH excluding ortho intramolecular Hbond substituents is 1. The number of carbonyl (C=O) groups excluding carboxylic acids is 1. The summed E-state index contributed by atoms with van der Waals surface area (Å²) in [5.74, 6) is -1.01. The minimum atomic E-state index is -0.931. The highest BCUT2D eigenvalue weighted by molar-refractivity contribution is 6.35. The largest absolute Gasteiger partial charge is 0.500 e. The Bertz CT molecular complexity index is 935. The van der Waals surface area contributed by atoms with Crippen molar-refractivity contribution in [2.24, 2.45) is 5.10 Å². The normalized spacial score (nSPS) is 11.9. The lowest BCUT2D eigenvalue weighted by Crippen LogP contribution is -2.33. The molecule has 2 N–H and O–H groups in total. The van der Waals surface area contributed by atoms with Crippen LogP contribution in [-0.4, -0.2) is 35.4 Å². The van der Waals surface area contributed by atoms with Crippen molar-refractivity contribution >= 4 is 41.0 Å². The van der Waals surface area contributed by atoms with Gasteiger partial charge in [0, 0.05) is 16.7 Å². The third-order valence-electron chi connectivity index (χ3n) is 3.45. The van der Waals surface area contributed by atoms with Crippen molar-refractivity contribution in [1.29, 1.82) is 0 Å². The van der Waals surface area contributed by atoms with Crippen LogP contribution in [0.1, 0.15) is 12.5 Å². The molecule has 0 fully saturated rings. The second-order valence-corrected chi connectivity index (χ2v) is 6.26. The molecule has 0 radical (unpaired) electrons. The second-order valence-electron chi connectivity index (χ2n) is 5.42. The van der Waals surface area contributed by atoms with Gasteiger partial charge < -0.3 is 14.6 Å². The van der Waals surface area contributed by atoms with Gasteiger partial charge in [0.2, 0.25) is 5.75 Å². The van der Waals surface area contributed by atoms with Crippen LogP contribution >= 0.6 is 23.2 Å². The molecule has 1 atom stereocenters. The molecule has 148 valence electrons. The van der Waals surface area contributed by atoms with E-state index in [1.54, 1.807) is 6.07 Å². The van der Waals surface area contributed by atoms with Gasteiger partial charge in [-0.3, -0.25) is 14.9 Å². The molecule has 0 aromatic heterocycles. The van der Waals surface area contributed by atoms with E-state index < -0.39 is 28.4 Å². The van der Waals surface area contributed by atoms with Crippen LogP contribution in [-0.2, 0) is 4.79 Å². The predicted octanol–water partition coefficient (Wildman–Crippen LogP) is 3.53. The fraction of sp³-hybridized carbons (Fsp3) is 0.176. The average molecular weight is 428 g/mol. The van der Waals surface area contributed by atoms with Crippen LogP contribution in [0.25, 0.3) is 0 Å². The smallest absolute Gasteiger partial charge is 0.315 e. The summed E-state index contributed by atoms with van der Waals surface area (Å²) in [5, 5.41) is 25.1. The highest BCUT2D eigenvalue weighted by Gasteiger charge is 2.19. The number of phenols is 1. The maximum Gasteiger partial charge on any atom is 0.315 e. The van der Waals surface area contributed by atoms with E-state index in [2.05, 4.69) is 10.5 Å². The van der Waals surface area contributed by atoms with Crippen molar-refractivity contribution in [3.63, 3.8) is 0 Å². The summed E-state index contributed by atoms with van der Waals surface area (Å²) < 4.78 is 10.3. The summed E-state index contributed by atoms with van der Waals surface area (Å²) in [4.78, 5) is 22.3. The standard InChI is InChI=1S/C17H15Cl2N3O6/c1-9(28-14-4-3-11(18)7-12(14)19)17(24)21-20-8-10-5-13(22(25)26)16(23)15(6-10)27-2/h3-9,23H,1-2H3,(H,21,24)/b20-8+. The first-order valence-electron chi connectivity index (χ1n) is 7.73. The summed E-state index contributed by atoms with van der Waals surface area (Å²) in [6.45, 7) is 1.49.